The van der Waals surface area contributed by atoms with E-state index < -0.39 is 0 Å². The van der Waals surface area contributed by atoms with Crippen molar-refractivity contribution < 1.29 is 9.84 Å². The summed E-state index contributed by atoms with van der Waals surface area (Å²) < 4.78 is 5.35. The first kappa shape index (κ1) is 12.2. The fourth-order valence-electron chi connectivity index (χ4n) is 2.63. The van der Waals surface area contributed by atoms with E-state index in [1.807, 2.05) is 18.2 Å². The van der Waals surface area contributed by atoms with Crippen LogP contribution in [-0.2, 0) is 0 Å². The number of ether oxygens (including phenoxy) is 1. The maximum atomic E-state index is 9.85. The van der Waals surface area contributed by atoms with Crippen LogP contribution in [0.15, 0.2) is 24.3 Å². The molecule has 0 amide bonds. The molecule has 1 aliphatic carbocycles. The van der Waals surface area contributed by atoms with Crippen LogP contribution in [0.1, 0.15) is 19.3 Å². The van der Waals surface area contributed by atoms with Gasteiger partial charge in [0.05, 0.1) is 18.9 Å². The summed E-state index contributed by atoms with van der Waals surface area (Å²) in [6, 6.07) is 8.01. The van der Waals surface area contributed by atoms with Gasteiger partial charge in [-0.1, -0.05) is 18.6 Å². The zero-order valence-corrected chi connectivity index (χ0v) is 10.6. The highest BCUT2D eigenvalue weighted by molar-refractivity contribution is 5.57. The second-order valence-electron chi connectivity index (χ2n) is 4.81. The summed E-state index contributed by atoms with van der Waals surface area (Å²) in [5, 5.41) is 9.85. The molecule has 0 saturated heterocycles. The van der Waals surface area contributed by atoms with Gasteiger partial charge in [-0.3, -0.25) is 0 Å². The van der Waals surface area contributed by atoms with Gasteiger partial charge in [0.1, 0.15) is 5.75 Å². The highest BCUT2D eigenvalue weighted by atomic mass is 16.5. The Morgan fingerprint density at radius 1 is 1.35 bits per heavy atom. The predicted molar refractivity (Wildman–Crippen MR) is 69.6 cm³/mol. The molecule has 1 saturated carbocycles. The van der Waals surface area contributed by atoms with Crippen molar-refractivity contribution in [3.05, 3.63) is 24.3 Å². The number of rotatable bonds is 4. The van der Waals surface area contributed by atoms with Crippen molar-refractivity contribution in [3.8, 4) is 5.75 Å². The largest absolute Gasteiger partial charge is 0.495 e. The molecule has 2 rings (SSSR count). The maximum Gasteiger partial charge on any atom is 0.142 e. The lowest BCUT2D eigenvalue weighted by atomic mass is 10.1. The third-order valence-electron chi connectivity index (χ3n) is 3.62. The second-order valence-corrected chi connectivity index (χ2v) is 4.81. The van der Waals surface area contributed by atoms with Crippen LogP contribution in [-0.4, -0.2) is 31.9 Å². The number of benzene rings is 1. The summed E-state index contributed by atoms with van der Waals surface area (Å²) in [6.45, 7) is 0.890. The quantitative estimate of drug-likeness (QED) is 0.869. The molecule has 0 aromatic heterocycles. The minimum Gasteiger partial charge on any atom is -0.495 e. The van der Waals surface area contributed by atoms with E-state index in [-0.39, 0.29) is 6.10 Å². The Bertz CT molecular complexity index is 367. The second kappa shape index (κ2) is 5.41. The first-order valence-electron chi connectivity index (χ1n) is 6.24. The van der Waals surface area contributed by atoms with Crippen molar-refractivity contribution in [2.45, 2.75) is 25.4 Å². The number of hydrogen-bond acceptors (Lipinski definition) is 3. The van der Waals surface area contributed by atoms with E-state index in [9.17, 15) is 5.11 Å². The molecular formula is C14H21NO2. The van der Waals surface area contributed by atoms with Gasteiger partial charge in [0.15, 0.2) is 0 Å². The van der Waals surface area contributed by atoms with Gasteiger partial charge in [-0.05, 0) is 25.0 Å². The van der Waals surface area contributed by atoms with Crippen LogP contribution in [0.4, 0.5) is 5.69 Å². The lowest BCUT2D eigenvalue weighted by Crippen LogP contribution is -2.29. The monoisotopic (exact) mass is 235 g/mol. The highest BCUT2D eigenvalue weighted by Gasteiger charge is 2.26. The molecule has 3 heteroatoms. The van der Waals surface area contributed by atoms with Crippen LogP contribution in [0.25, 0.3) is 0 Å². The van der Waals surface area contributed by atoms with E-state index >= 15 is 0 Å². The molecular weight excluding hydrogens is 214 g/mol. The molecule has 17 heavy (non-hydrogen) atoms. The fourth-order valence-corrected chi connectivity index (χ4v) is 2.63. The van der Waals surface area contributed by atoms with Gasteiger partial charge in [-0.25, -0.2) is 0 Å². The summed E-state index contributed by atoms with van der Waals surface area (Å²) in [4.78, 5) is 2.18. The normalized spacial score (nSPS) is 23.7. The predicted octanol–water partition coefficient (Wildman–Crippen LogP) is 2.29. The van der Waals surface area contributed by atoms with Crippen LogP contribution < -0.4 is 9.64 Å². The average molecular weight is 235 g/mol. The van der Waals surface area contributed by atoms with E-state index in [2.05, 4.69) is 18.0 Å². The summed E-state index contributed by atoms with van der Waals surface area (Å²) in [7, 11) is 3.75. The van der Waals surface area contributed by atoms with E-state index in [1.54, 1.807) is 7.11 Å². The molecule has 94 valence electrons. The fraction of sp³-hybridized carbons (Fsp3) is 0.571. The molecule has 1 fully saturated rings. The Labute approximate surface area is 103 Å². The Balaban J connectivity index is 2.06. The van der Waals surface area contributed by atoms with Gasteiger partial charge in [0.25, 0.3) is 0 Å². The number of para-hydroxylation sites is 2. The molecule has 1 aromatic rings. The van der Waals surface area contributed by atoms with Gasteiger partial charge in [0, 0.05) is 19.5 Å². The molecule has 0 heterocycles. The van der Waals surface area contributed by atoms with Gasteiger partial charge in [-0.2, -0.15) is 0 Å². The zero-order valence-electron chi connectivity index (χ0n) is 10.6. The molecule has 1 N–H and O–H groups in total. The van der Waals surface area contributed by atoms with E-state index in [1.165, 1.54) is 0 Å². The highest BCUT2D eigenvalue weighted by Crippen LogP contribution is 2.31. The minimum atomic E-state index is -0.132. The number of nitrogens with zero attached hydrogens (tertiary/aromatic N) is 1. The number of hydrogen-bond donors (Lipinski definition) is 1. The molecule has 1 aliphatic rings. The van der Waals surface area contributed by atoms with Crippen LogP contribution in [0.3, 0.4) is 0 Å². The Hall–Kier alpha value is -1.22. The minimum absolute atomic E-state index is 0.132. The number of anilines is 1. The van der Waals surface area contributed by atoms with Gasteiger partial charge < -0.3 is 14.7 Å². The number of aliphatic hydroxyl groups excluding tert-OH is 1. The summed E-state index contributed by atoms with van der Waals surface area (Å²) in [5.41, 5.74) is 1.09. The third-order valence-corrected chi connectivity index (χ3v) is 3.62. The van der Waals surface area contributed by atoms with Crippen molar-refractivity contribution in [2.75, 3.05) is 25.6 Å². The average Bonchev–Trinajstić information content (AvgIpc) is 2.75. The van der Waals surface area contributed by atoms with E-state index in [4.69, 9.17) is 4.74 Å². The molecule has 0 bridgehead atoms. The molecule has 1 aromatic carbocycles. The lowest BCUT2D eigenvalue weighted by molar-refractivity contribution is 0.136. The van der Waals surface area contributed by atoms with Gasteiger partial charge in [0.2, 0.25) is 0 Å². The Morgan fingerprint density at radius 3 is 2.76 bits per heavy atom. The zero-order chi connectivity index (χ0) is 12.3. The molecule has 0 radical (unpaired) electrons. The topological polar surface area (TPSA) is 32.7 Å². The van der Waals surface area contributed by atoms with Crippen LogP contribution in [0.2, 0.25) is 0 Å². The van der Waals surface area contributed by atoms with Crippen molar-refractivity contribution in [1.82, 2.24) is 0 Å². The first-order valence-corrected chi connectivity index (χ1v) is 6.24. The van der Waals surface area contributed by atoms with E-state index in [0.717, 1.165) is 37.2 Å². The number of aliphatic hydroxyl groups is 1. The van der Waals surface area contributed by atoms with Crippen molar-refractivity contribution in [2.24, 2.45) is 5.92 Å². The van der Waals surface area contributed by atoms with Gasteiger partial charge in [-0.15, -0.1) is 0 Å². The van der Waals surface area contributed by atoms with Crippen molar-refractivity contribution in [3.63, 3.8) is 0 Å². The molecule has 2 atom stereocenters. The first-order chi connectivity index (χ1) is 8.22. The lowest BCUT2D eigenvalue weighted by Gasteiger charge is -2.26. The third kappa shape index (κ3) is 2.72. The van der Waals surface area contributed by atoms with Crippen LogP contribution in [0, 0.1) is 5.92 Å². The Morgan fingerprint density at radius 2 is 2.12 bits per heavy atom. The molecule has 3 nitrogen and oxygen atoms in total. The van der Waals surface area contributed by atoms with Crippen molar-refractivity contribution >= 4 is 5.69 Å². The standard InChI is InChI=1S/C14H21NO2/c1-15(10-11-6-5-8-13(11)16)12-7-3-4-9-14(12)17-2/h3-4,7,9,11,13,16H,5-6,8,10H2,1-2H3. The smallest absolute Gasteiger partial charge is 0.142 e. The SMILES string of the molecule is COc1ccccc1N(C)CC1CCCC1O. The summed E-state index contributed by atoms with van der Waals surface area (Å²) in [5.74, 6) is 1.28. The summed E-state index contributed by atoms with van der Waals surface area (Å²) >= 11 is 0. The molecule has 0 aliphatic heterocycles. The number of methoxy groups -OCH3 is 1. The van der Waals surface area contributed by atoms with E-state index in [0.29, 0.717) is 5.92 Å². The van der Waals surface area contributed by atoms with Crippen molar-refractivity contribution in [1.29, 1.82) is 0 Å². The van der Waals surface area contributed by atoms with Gasteiger partial charge >= 0.3 is 0 Å². The van der Waals surface area contributed by atoms with Crippen LogP contribution >= 0.6 is 0 Å². The summed E-state index contributed by atoms with van der Waals surface area (Å²) in [6.07, 6.45) is 3.09. The van der Waals surface area contributed by atoms with Crippen LogP contribution in [0.5, 0.6) is 5.75 Å². The Kier molecular flexibility index (Phi) is 3.89. The molecule has 0 spiro atoms. The maximum absolute atomic E-state index is 9.85. The molecule has 2 unspecified atom stereocenters.